The fourth-order valence-electron chi connectivity index (χ4n) is 0. The van der Waals surface area contributed by atoms with Crippen LogP contribution in [-0.2, 0) is 4.79 Å². The summed E-state index contributed by atoms with van der Waals surface area (Å²) in [5.41, 5.74) is 0. The van der Waals surface area contributed by atoms with Crippen molar-refractivity contribution in [3.63, 3.8) is 0 Å². The fraction of sp³-hybridized carbons (Fsp3) is 0.500. The summed E-state index contributed by atoms with van der Waals surface area (Å²) in [4.78, 5) is 9.43. The van der Waals surface area contributed by atoms with Crippen molar-refractivity contribution in [1.82, 2.24) is 0 Å². The molecular weight excluding hydrogens is 176 g/mol. The number of thiol groups is 1. The zero-order chi connectivity index (χ0) is 4.28. The average Bonchev–Trinajstić information content (AvgIpc) is 1.38. The number of aliphatic hydroxyl groups is 1. The maximum atomic E-state index is 9.43. The zero-order valence-corrected chi connectivity index (χ0v) is 7.59. The van der Waals surface area contributed by atoms with Crippen molar-refractivity contribution in [2.45, 2.75) is 0 Å². The molecule has 0 unspecified atom stereocenters. The molecule has 2 nitrogen and oxygen atoms in total. The van der Waals surface area contributed by atoms with E-state index in [1.165, 1.54) is 0 Å². The molecule has 0 heterocycles. The first-order valence-corrected chi connectivity index (χ1v) is 1.54. The molecule has 0 rings (SSSR count). The van der Waals surface area contributed by atoms with Crippen molar-refractivity contribution in [1.29, 1.82) is 0 Å². The second kappa shape index (κ2) is 6.46. The summed E-state index contributed by atoms with van der Waals surface area (Å²) in [5, 5.41) is 7.22. The van der Waals surface area contributed by atoms with Crippen molar-refractivity contribution in [2.24, 2.45) is 0 Å². The fourth-order valence-corrected chi connectivity index (χ4v) is 0. The average molecular weight is 182 g/mol. The molecule has 0 amide bonds. The molecule has 0 aliphatic carbocycles. The minimum Gasteiger partial charge on any atom is -1.00 e. The number of hydrogen-bond acceptors (Lipinski definition) is 2. The third-order valence-electron chi connectivity index (χ3n) is 0.135. The summed E-state index contributed by atoms with van der Waals surface area (Å²) in [6.07, 6.45) is 0. The van der Waals surface area contributed by atoms with E-state index in [1.807, 2.05) is 0 Å². The Bertz CT molecular complexity index is 53.3. The van der Waals surface area contributed by atoms with E-state index in [0.717, 1.165) is 0 Å². The maximum absolute atomic E-state index is 9.43. The zero-order valence-electron chi connectivity index (χ0n) is 5.22. The first-order chi connectivity index (χ1) is 2.27. The van der Waals surface area contributed by atoms with Crippen LogP contribution < -0.4 is 0 Å². The quantitative estimate of drug-likeness (QED) is 0.414. The van der Waals surface area contributed by atoms with Gasteiger partial charge in [0.15, 0.2) is 0 Å². The standard InChI is InChI=1S/C2H4O2S.Sr.2H/c3-1-2(4)5;;;/h3H,1H2,(H,4,5);;;/q;+2;2*-1. The summed E-state index contributed by atoms with van der Waals surface area (Å²) in [6.45, 7) is -0.469. The molecule has 0 spiro atoms. The van der Waals surface area contributed by atoms with Crippen LogP contribution in [0.1, 0.15) is 2.85 Å². The van der Waals surface area contributed by atoms with Gasteiger partial charge in [-0.2, -0.15) is 0 Å². The molecule has 1 N–H and O–H groups in total. The molecule has 0 aliphatic rings. The Labute approximate surface area is 81.6 Å². The van der Waals surface area contributed by atoms with E-state index in [0.29, 0.717) is 0 Å². The Balaban J connectivity index is -0.0000000267. The van der Waals surface area contributed by atoms with E-state index in [4.69, 9.17) is 5.11 Å². The monoisotopic (exact) mass is 182 g/mol. The Kier molecular flexibility index (Phi) is 11.2. The van der Waals surface area contributed by atoms with Gasteiger partial charge in [0, 0.05) is 0 Å². The molecule has 34 valence electrons. The predicted octanol–water partition coefficient (Wildman–Crippen LogP) is -0.721. The van der Waals surface area contributed by atoms with Gasteiger partial charge >= 0.3 is 45.5 Å². The molecule has 0 radical (unpaired) electrons. The number of rotatable bonds is 1. The summed E-state index contributed by atoms with van der Waals surface area (Å²) in [5.74, 6) is 0. The van der Waals surface area contributed by atoms with Crippen LogP contribution >= 0.6 is 12.6 Å². The Morgan fingerprint density at radius 3 is 2.17 bits per heavy atom. The first kappa shape index (κ1) is 10.4. The molecule has 0 aliphatic heterocycles. The van der Waals surface area contributed by atoms with Crippen molar-refractivity contribution < 1.29 is 12.8 Å². The van der Waals surface area contributed by atoms with Gasteiger partial charge in [-0.25, -0.2) is 0 Å². The molecule has 0 aromatic heterocycles. The second-order valence-corrected chi connectivity index (χ2v) is 1.05. The van der Waals surface area contributed by atoms with E-state index < -0.39 is 11.7 Å². The van der Waals surface area contributed by atoms with E-state index in [9.17, 15) is 4.79 Å². The van der Waals surface area contributed by atoms with E-state index in [-0.39, 0.29) is 48.3 Å². The molecule has 0 saturated carbocycles. The summed E-state index contributed by atoms with van der Waals surface area (Å²) < 4.78 is 0. The van der Waals surface area contributed by atoms with Crippen LogP contribution in [0.5, 0.6) is 0 Å². The van der Waals surface area contributed by atoms with Gasteiger partial charge in [0.2, 0.25) is 5.12 Å². The third kappa shape index (κ3) is 9.07. The summed E-state index contributed by atoms with van der Waals surface area (Å²) in [6, 6.07) is 0. The van der Waals surface area contributed by atoms with Crippen LogP contribution in [0.2, 0.25) is 0 Å². The molecule has 0 aromatic rings. The molecule has 4 heteroatoms. The van der Waals surface area contributed by atoms with E-state index in [1.54, 1.807) is 0 Å². The molecule has 0 saturated heterocycles. The van der Waals surface area contributed by atoms with Crippen LogP contribution in [-0.4, -0.2) is 62.3 Å². The molecule has 6 heavy (non-hydrogen) atoms. The SMILES string of the molecule is O=C(S)CO.[H-].[H-].[Sr+2]. The minimum absolute atomic E-state index is 0. The van der Waals surface area contributed by atoms with Crippen LogP contribution in [0.3, 0.4) is 0 Å². The van der Waals surface area contributed by atoms with Gasteiger partial charge in [-0.05, 0) is 0 Å². The molecule has 0 aromatic carbocycles. The van der Waals surface area contributed by atoms with Gasteiger partial charge in [-0.3, -0.25) is 4.79 Å². The van der Waals surface area contributed by atoms with Crippen molar-refractivity contribution in [2.75, 3.05) is 6.61 Å². The Hall–Kier alpha value is 1.46. The Morgan fingerprint density at radius 2 is 2.17 bits per heavy atom. The summed E-state index contributed by atoms with van der Waals surface area (Å²) in [7, 11) is 0. The Morgan fingerprint density at radius 1 is 2.00 bits per heavy atom. The molecule has 0 bridgehead atoms. The van der Waals surface area contributed by atoms with Crippen molar-refractivity contribution >= 4 is 63.2 Å². The van der Waals surface area contributed by atoms with Crippen molar-refractivity contribution in [3.8, 4) is 0 Å². The van der Waals surface area contributed by atoms with Crippen LogP contribution in [0, 0.1) is 0 Å². The summed E-state index contributed by atoms with van der Waals surface area (Å²) >= 11 is 3.21. The third-order valence-corrected chi connectivity index (χ3v) is 0.277. The van der Waals surface area contributed by atoms with Gasteiger partial charge in [0.05, 0.1) is 0 Å². The number of hydrogen-bond donors (Lipinski definition) is 2. The van der Waals surface area contributed by atoms with Crippen LogP contribution in [0.4, 0.5) is 0 Å². The number of aliphatic hydroxyl groups excluding tert-OH is 1. The number of carbonyl (C=O) groups excluding carboxylic acids is 1. The van der Waals surface area contributed by atoms with Crippen LogP contribution in [0.25, 0.3) is 0 Å². The molecule has 0 atom stereocenters. The van der Waals surface area contributed by atoms with Gasteiger partial charge < -0.3 is 7.96 Å². The largest absolute Gasteiger partial charge is 2.00 e. The smallest absolute Gasteiger partial charge is 1.00 e. The van der Waals surface area contributed by atoms with E-state index >= 15 is 0 Å². The normalized spacial score (nSPS) is 6.33. The van der Waals surface area contributed by atoms with Gasteiger partial charge in [0.1, 0.15) is 6.61 Å². The van der Waals surface area contributed by atoms with Crippen molar-refractivity contribution in [3.05, 3.63) is 0 Å². The topological polar surface area (TPSA) is 37.3 Å². The minimum atomic E-state index is -0.495. The van der Waals surface area contributed by atoms with Gasteiger partial charge in [0.25, 0.3) is 0 Å². The number of carbonyl (C=O) groups is 1. The van der Waals surface area contributed by atoms with E-state index in [2.05, 4.69) is 12.6 Å². The maximum Gasteiger partial charge on any atom is 2.00 e. The molecule has 0 fully saturated rings. The van der Waals surface area contributed by atoms with Gasteiger partial charge in [-0.1, -0.05) is 0 Å². The van der Waals surface area contributed by atoms with Crippen LogP contribution in [0.15, 0.2) is 0 Å². The second-order valence-electron chi connectivity index (χ2n) is 0.552. The van der Waals surface area contributed by atoms with Gasteiger partial charge in [-0.15, -0.1) is 12.6 Å². The predicted molar refractivity (Wildman–Crippen MR) is 29.1 cm³/mol. The first-order valence-electron chi connectivity index (χ1n) is 1.10. The molecular formula is C2H6O2SSr.